The molecule has 0 bridgehead atoms. The lowest BCUT2D eigenvalue weighted by molar-refractivity contribution is -0.120. The number of hydrogen-bond donors (Lipinski definition) is 2. The number of anilines is 2. The average molecular weight is 335 g/mol. The van der Waals surface area contributed by atoms with E-state index >= 15 is 0 Å². The van der Waals surface area contributed by atoms with Crippen molar-refractivity contribution in [1.82, 2.24) is 9.97 Å². The molecular weight excluding hydrogens is 320 g/mol. The number of nitrogens with two attached hydrogens (primary N) is 1. The van der Waals surface area contributed by atoms with Crippen LogP contribution in [-0.4, -0.2) is 15.9 Å². The molecule has 0 aliphatic carbocycles. The van der Waals surface area contributed by atoms with Gasteiger partial charge in [-0.3, -0.25) is 4.79 Å². The van der Waals surface area contributed by atoms with Crippen molar-refractivity contribution in [3.05, 3.63) is 46.8 Å². The maximum Gasteiger partial charge on any atom is 0.235 e. The Kier molecular flexibility index (Phi) is 4.04. The first-order valence-corrected chi connectivity index (χ1v) is 6.84. The second-order valence-electron chi connectivity index (χ2n) is 4.93. The fraction of sp³-hybridized carbons (Fsp3) is 0.214. The smallest absolute Gasteiger partial charge is 0.235 e. The Balaban J connectivity index is 2.18. The molecule has 1 amide bonds. The van der Waals surface area contributed by atoms with Crippen molar-refractivity contribution in [1.29, 1.82) is 0 Å². The third-order valence-corrected chi connectivity index (χ3v) is 3.47. The number of amides is 1. The number of nitrogens with one attached hydrogen (secondary N) is 1. The van der Waals surface area contributed by atoms with Gasteiger partial charge in [0.15, 0.2) is 5.82 Å². The van der Waals surface area contributed by atoms with Crippen LogP contribution in [0.2, 0.25) is 0 Å². The van der Waals surface area contributed by atoms with E-state index < -0.39 is 5.41 Å². The van der Waals surface area contributed by atoms with Crippen LogP contribution in [0.4, 0.5) is 11.5 Å². The maximum absolute atomic E-state index is 12.4. The minimum atomic E-state index is -0.692. The first-order chi connectivity index (χ1) is 9.39. The van der Waals surface area contributed by atoms with Gasteiger partial charge in [-0.05, 0) is 47.5 Å². The van der Waals surface area contributed by atoms with Gasteiger partial charge < -0.3 is 11.1 Å². The van der Waals surface area contributed by atoms with Crippen LogP contribution in [-0.2, 0) is 10.2 Å². The Morgan fingerprint density at radius 1 is 1.20 bits per heavy atom. The first kappa shape index (κ1) is 14.5. The monoisotopic (exact) mass is 334 g/mol. The molecular formula is C14H15BrN4O. The fourth-order valence-corrected chi connectivity index (χ4v) is 1.89. The third-order valence-electron chi connectivity index (χ3n) is 3.06. The Bertz CT molecular complexity index is 608. The van der Waals surface area contributed by atoms with E-state index in [1.54, 1.807) is 12.1 Å². The predicted molar refractivity (Wildman–Crippen MR) is 82.2 cm³/mol. The second kappa shape index (κ2) is 5.58. The van der Waals surface area contributed by atoms with Crippen LogP contribution in [0.1, 0.15) is 19.4 Å². The molecule has 0 saturated heterocycles. The van der Waals surface area contributed by atoms with Gasteiger partial charge in [0.1, 0.15) is 4.60 Å². The number of nitrogens with zero attached hydrogens (tertiary/aromatic N) is 2. The minimum absolute atomic E-state index is 0.154. The normalized spacial score (nSPS) is 11.2. The van der Waals surface area contributed by atoms with Crippen LogP contribution < -0.4 is 11.1 Å². The molecule has 20 heavy (non-hydrogen) atoms. The summed E-state index contributed by atoms with van der Waals surface area (Å²) >= 11 is 3.20. The van der Waals surface area contributed by atoms with E-state index in [-0.39, 0.29) is 5.91 Å². The van der Waals surface area contributed by atoms with Gasteiger partial charge in [-0.25, -0.2) is 9.97 Å². The van der Waals surface area contributed by atoms with Crippen LogP contribution in [0, 0.1) is 0 Å². The Hall–Kier alpha value is -1.95. The summed E-state index contributed by atoms with van der Waals surface area (Å²) in [4.78, 5) is 20.5. The summed E-state index contributed by atoms with van der Waals surface area (Å²) in [6.45, 7) is 3.69. The first-order valence-electron chi connectivity index (χ1n) is 6.04. The molecule has 0 aliphatic rings. The number of hydrogen-bond acceptors (Lipinski definition) is 4. The molecule has 0 spiro atoms. The van der Waals surface area contributed by atoms with Crippen LogP contribution in [0.3, 0.4) is 0 Å². The second-order valence-corrected chi connectivity index (χ2v) is 5.74. The van der Waals surface area contributed by atoms with E-state index in [2.05, 4.69) is 31.2 Å². The quantitative estimate of drug-likeness (QED) is 0.845. The fourth-order valence-electron chi connectivity index (χ4n) is 1.68. The zero-order chi connectivity index (χ0) is 14.8. The van der Waals surface area contributed by atoms with Gasteiger partial charge in [-0.15, -0.1) is 0 Å². The highest BCUT2D eigenvalue weighted by Crippen LogP contribution is 2.25. The summed E-state index contributed by atoms with van der Waals surface area (Å²) in [5, 5.41) is 2.76. The topological polar surface area (TPSA) is 80.9 Å². The van der Waals surface area contributed by atoms with Crippen LogP contribution >= 0.6 is 15.9 Å². The molecule has 3 N–H and O–H groups in total. The minimum Gasteiger partial charge on any atom is -0.399 e. The van der Waals surface area contributed by atoms with Gasteiger partial charge in [0.2, 0.25) is 5.91 Å². The van der Waals surface area contributed by atoms with Crippen molar-refractivity contribution >= 4 is 33.3 Å². The van der Waals surface area contributed by atoms with Crippen molar-refractivity contribution in [2.45, 2.75) is 19.3 Å². The molecule has 0 fully saturated rings. The van der Waals surface area contributed by atoms with Crippen molar-refractivity contribution in [3.63, 3.8) is 0 Å². The molecule has 1 aromatic carbocycles. The number of aromatic nitrogens is 2. The highest BCUT2D eigenvalue weighted by Gasteiger charge is 2.30. The Morgan fingerprint density at radius 2 is 1.85 bits per heavy atom. The van der Waals surface area contributed by atoms with Crippen LogP contribution in [0.25, 0.3) is 0 Å². The van der Waals surface area contributed by atoms with Crippen molar-refractivity contribution in [2.24, 2.45) is 0 Å². The number of halogens is 1. The Morgan fingerprint density at radius 3 is 2.40 bits per heavy atom. The van der Waals surface area contributed by atoms with Gasteiger partial charge in [0.05, 0.1) is 17.8 Å². The lowest BCUT2D eigenvalue weighted by Gasteiger charge is -2.24. The van der Waals surface area contributed by atoms with E-state index in [0.717, 1.165) is 5.56 Å². The van der Waals surface area contributed by atoms with Gasteiger partial charge in [0, 0.05) is 5.69 Å². The Labute approximate surface area is 125 Å². The molecule has 6 heteroatoms. The molecule has 5 nitrogen and oxygen atoms in total. The zero-order valence-corrected chi connectivity index (χ0v) is 12.8. The lowest BCUT2D eigenvalue weighted by Crippen LogP contribution is -2.35. The highest BCUT2D eigenvalue weighted by atomic mass is 79.9. The van der Waals surface area contributed by atoms with E-state index in [4.69, 9.17) is 5.73 Å². The third kappa shape index (κ3) is 3.14. The molecule has 104 valence electrons. The number of carbonyl (C=O) groups is 1. The van der Waals surface area contributed by atoms with Gasteiger partial charge in [0.25, 0.3) is 0 Å². The lowest BCUT2D eigenvalue weighted by atomic mass is 9.83. The van der Waals surface area contributed by atoms with Crippen LogP contribution in [0.5, 0.6) is 0 Å². The van der Waals surface area contributed by atoms with E-state index in [1.165, 1.54) is 12.4 Å². The van der Waals surface area contributed by atoms with Gasteiger partial charge in [-0.2, -0.15) is 0 Å². The van der Waals surface area contributed by atoms with Gasteiger partial charge in [-0.1, -0.05) is 12.1 Å². The van der Waals surface area contributed by atoms with E-state index in [9.17, 15) is 4.79 Å². The summed E-state index contributed by atoms with van der Waals surface area (Å²) in [7, 11) is 0. The molecule has 0 saturated carbocycles. The molecule has 2 rings (SSSR count). The summed E-state index contributed by atoms with van der Waals surface area (Å²) in [5.41, 5.74) is 6.52. The summed E-state index contributed by atoms with van der Waals surface area (Å²) in [5.74, 6) is 0.264. The highest BCUT2D eigenvalue weighted by molar-refractivity contribution is 9.10. The summed E-state index contributed by atoms with van der Waals surface area (Å²) in [6.07, 6.45) is 3.03. The predicted octanol–water partition coefficient (Wildman–Crippen LogP) is 2.74. The van der Waals surface area contributed by atoms with E-state index in [0.29, 0.717) is 16.1 Å². The molecule has 1 heterocycles. The number of benzene rings is 1. The molecule has 0 radical (unpaired) electrons. The van der Waals surface area contributed by atoms with Crippen molar-refractivity contribution in [2.75, 3.05) is 11.1 Å². The molecule has 1 aromatic heterocycles. The molecule has 0 atom stereocenters. The number of rotatable bonds is 3. The number of nitrogen functional groups attached to an aromatic ring is 1. The molecule has 0 aliphatic heterocycles. The number of carbonyl (C=O) groups excluding carboxylic acids is 1. The van der Waals surface area contributed by atoms with Crippen LogP contribution in [0.15, 0.2) is 41.3 Å². The van der Waals surface area contributed by atoms with E-state index in [1.807, 2.05) is 26.0 Å². The van der Waals surface area contributed by atoms with Crippen molar-refractivity contribution in [3.8, 4) is 0 Å². The SMILES string of the molecule is CC(C)(C(=O)Nc1cnc(Br)cn1)c1ccc(N)cc1. The summed E-state index contributed by atoms with van der Waals surface area (Å²) < 4.78 is 0.619. The largest absolute Gasteiger partial charge is 0.399 e. The van der Waals surface area contributed by atoms with Crippen molar-refractivity contribution < 1.29 is 4.79 Å². The maximum atomic E-state index is 12.4. The zero-order valence-electron chi connectivity index (χ0n) is 11.2. The molecule has 2 aromatic rings. The summed E-state index contributed by atoms with van der Waals surface area (Å²) in [6, 6.07) is 7.26. The average Bonchev–Trinajstić information content (AvgIpc) is 2.42. The molecule has 0 unspecified atom stereocenters. The van der Waals surface area contributed by atoms with Gasteiger partial charge >= 0.3 is 0 Å². The standard InChI is InChI=1S/C14H15BrN4O/c1-14(2,9-3-5-10(16)6-4-9)13(20)19-12-8-17-11(15)7-18-12/h3-8H,16H2,1-2H3,(H,18,19,20).